The average molecular weight is 782 g/mol. The van der Waals surface area contributed by atoms with Crippen LogP contribution in [0.2, 0.25) is 0 Å². The molecule has 1 aliphatic rings. The minimum absolute atomic E-state index is 0.0399. The predicted octanol–water partition coefficient (Wildman–Crippen LogP) is 10.9. The molecular formula is C43H76NO9P. The highest BCUT2D eigenvalue weighted by Gasteiger charge is 2.36. The van der Waals surface area contributed by atoms with Gasteiger partial charge in [-0.2, -0.15) is 0 Å². The molecule has 0 aromatic rings. The Bertz CT molecular complexity index is 1090. The maximum atomic E-state index is 12.6. The van der Waals surface area contributed by atoms with Crippen molar-refractivity contribution in [1.82, 2.24) is 0 Å². The number of hydrogen-bond donors (Lipinski definition) is 2. The number of allylic oxidation sites excluding steroid dienone is 6. The number of carbonyl (C=O) groups excluding carboxylic acids is 2. The normalized spacial score (nSPS) is 17.6. The summed E-state index contributed by atoms with van der Waals surface area (Å²) in [5.41, 5.74) is 5.34. The number of unbranched alkanes of at least 4 members (excludes halogenated alkanes) is 15. The number of nitrogens with two attached hydrogens (primary N) is 1. The minimum Gasteiger partial charge on any atom is -0.462 e. The fourth-order valence-corrected chi connectivity index (χ4v) is 6.54. The largest absolute Gasteiger partial charge is 0.472 e. The van der Waals surface area contributed by atoms with Gasteiger partial charge in [-0.05, 0) is 77.0 Å². The maximum absolute atomic E-state index is 12.6. The lowest BCUT2D eigenvalue weighted by Gasteiger charge is -2.19. The summed E-state index contributed by atoms with van der Waals surface area (Å²) in [6.45, 7) is 3.60. The Morgan fingerprint density at radius 3 is 1.81 bits per heavy atom. The van der Waals surface area contributed by atoms with Crippen LogP contribution in [0.1, 0.15) is 168 Å². The minimum atomic E-state index is -4.40. The average Bonchev–Trinajstić information content (AvgIpc) is 3.91. The summed E-state index contributed by atoms with van der Waals surface area (Å²) >= 11 is 0. The lowest BCUT2D eigenvalue weighted by atomic mass is 10.1. The van der Waals surface area contributed by atoms with Crippen molar-refractivity contribution in [2.75, 3.05) is 26.4 Å². The number of carbonyl (C=O) groups is 2. The predicted molar refractivity (Wildman–Crippen MR) is 219 cm³/mol. The Kier molecular flexibility index (Phi) is 32.7. The van der Waals surface area contributed by atoms with Crippen LogP contribution in [0.25, 0.3) is 0 Å². The maximum Gasteiger partial charge on any atom is 0.472 e. The van der Waals surface area contributed by atoms with Crippen molar-refractivity contribution >= 4 is 19.8 Å². The summed E-state index contributed by atoms with van der Waals surface area (Å²) in [6, 6.07) is 0. The molecular weight excluding hydrogens is 705 g/mol. The molecule has 3 N–H and O–H groups in total. The Balaban J connectivity index is 2.24. The van der Waals surface area contributed by atoms with Crippen LogP contribution < -0.4 is 5.73 Å². The molecule has 0 saturated carbocycles. The van der Waals surface area contributed by atoms with Gasteiger partial charge in [-0.15, -0.1) is 0 Å². The summed E-state index contributed by atoms with van der Waals surface area (Å²) in [4.78, 5) is 34.8. The molecule has 1 fully saturated rings. The highest BCUT2D eigenvalue weighted by molar-refractivity contribution is 7.47. The third-order valence-electron chi connectivity index (χ3n) is 9.09. The molecule has 0 amide bonds. The SMILES string of the molecule is CCCCC/C=C\CC1OC1C/C=C\C/C=C\CCCC(=O)O[C@H](COC(=O)CCCCCCC/C=C\CCCCCCCC)COP(=O)(O)OCCN. The van der Waals surface area contributed by atoms with Gasteiger partial charge in [-0.25, -0.2) is 4.57 Å². The smallest absolute Gasteiger partial charge is 0.462 e. The monoisotopic (exact) mass is 782 g/mol. The number of esters is 2. The molecule has 312 valence electrons. The molecule has 0 aromatic carbocycles. The number of epoxide rings is 1. The van der Waals surface area contributed by atoms with E-state index in [2.05, 4.69) is 56.4 Å². The number of phosphoric ester groups is 1. The second kappa shape index (κ2) is 35.4. The van der Waals surface area contributed by atoms with E-state index in [1.54, 1.807) is 0 Å². The molecule has 10 nitrogen and oxygen atoms in total. The molecule has 54 heavy (non-hydrogen) atoms. The van der Waals surface area contributed by atoms with Crippen LogP contribution in [0, 0.1) is 0 Å². The van der Waals surface area contributed by atoms with E-state index in [1.807, 2.05) is 6.08 Å². The van der Waals surface area contributed by atoms with Crippen LogP contribution in [0.15, 0.2) is 48.6 Å². The van der Waals surface area contributed by atoms with Crippen molar-refractivity contribution in [1.29, 1.82) is 0 Å². The number of ether oxygens (including phenoxy) is 3. The number of hydrogen-bond acceptors (Lipinski definition) is 9. The molecule has 0 radical (unpaired) electrons. The highest BCUT2D eigenvalue weighted by atomic mass is 31.2. The van der Waals surface area contributed by atoms with Crippen molar-refractivity contribution in [2.24, 2.45) is 5.73 Å². The summed E-state index contributed by atoms with van der Waals surface area (Å²) in [5.74, 6) is -0.912. The molecule has 11 heteroatoms. The van der Waals surface area contributed by atoms with Gasteiger partial charge in [-0.1, -0.05) is 127 Å². The summed E-state index contributed by atoms with van der Waals surface area (Å²) < 4.78 is 38.4. The molecule has 0 aromatic heterocycles. The van der Waals surface area contributed by atoms with E-state index in [4.69, 9.17) is 29.0 Å². The number of rotatable bonds is 38. The first-order chi connectivity index (χ1) is 26.3. The molecule has 0 aliphatic carbocycles. The molecule has 3 unspecified atom stereocenters. The van der Waals surface area contributed by atoms with Crippen molar-refractivity contribution in [3.63, 3.8) is 0 Å². The Morgan fingerprint density at radius 1 is 0.648 bits per heavy atom. The van der Waals surface area contributed by atoms with E-state index in [1.165, 1.54) is 64.2 Å². The first-order valence-corrected chi connectivity index (χ1v) is 22.7. The van der Waals surface area contributed by atoms with Crippen LogP contribution in [0.5, 0.6) is 0 Å². The standard InChI is InChI=1S/C43H76NO9P/c1-3-5-7-9-11-12-13-14-15-16-17-18-21-25-29-33-42(45)49-37-39(38-51-54(47,48)50-36-35-44)52-43(46)34-30-26-22-19-20-24-28-32-41-40(53-41)31-27-23-10-8-6-4-2/h14-15,19,22-24,27-28,39-41H,3-13,16-18,20-21,25-26,29-38,44H2,1-2H3,(H,47,48)/b15-14-,22-19-,27-23-,28-24-/t39-,40?,41?/m1/s1. The van der Waals surface area contributed by atoms with Gasteiger partial charge in [0, 0.05) is 19.4 Å². The van der Waals surface area contributed by atoms with Crippen molar-refractivity contribution in [3.05, 3.63) is 48.6 Å². The first-order valence-electron chi connectivity index (χ1n) is 21.2. The zero-order valence-corrected chi connectivity index (χ0v) is 34.8. The van der Waals surface area contributed by atoms with Crippen LogP contribution in [0.3, 0.4) is 0 Å². The van der Waals surface area contributed by atoms with Crippen molar-refractivity contribution in [2.45, 2.75) is 186 Å². The topological polar surface area (TPSA) is 147 Å². The van der Waals surface area contributed by atoms with E-state index in [0.717, 1.165) is 57.8 Å². The van der Waals surface area contributed by atoms with Gasteiger partial charge >= 0.3 is 19.8 Å². The van der Waals surface area contributed by atoms with Gasteiger partial charge in [0.2, 0.25) is 0 Å². The van der Waals surface area contributed by atoms with Crippen LogP contribution in [-0.4, -0.2) is 61.5 Å². The highest BCUT2D eigenvalue weighted by Crippen LogP contribution is 2.43. The van der Waals surface area contributed by atoms with E-state index < -0.39 is 32.5 Å². The third kappa shape index (κ3) is 32.2. The van der Waals surface area contributed by atoms with Gasteiger partial charge in [0.25, 0.3) is 0 Å². The molecule has 1 aliphatic heterocycles. The summed E-state index contributed by atoms with van der Waals surface area (Å²) in [6.07, 6.45) is 41.7. The number of phosphoric acid groups is 1. The lowest BCUT2D eigenvalue weighted by Crippen LogP contribution is -2.29. The Morgan fingerprint density at radius 2 is 1.15 bits per heavy atom. The molecule has 1 heterocycles. The van der Waals surface area contributed by atoms with Gasteiger partial charge in [0.15, 0.2) is 6.10 Å². The zero-order valence-electron chi connectivity index (χ0n) is 33.9. The van der Waals surface area contributed by atoms with E-state index in [-0.39, 0.29) is 32.6 Å². The zero-order chi connectivity index (χ0) is 39.4. The van der Waals surface area contributed by atoms with Gasteiger partial charge in [-0.3, -0.25) is 18.6 Å². The third-order valence-corrected chi connectivity index (χ3v) is 10.1. The van der Waals surface area contributed by atoms with Crippen LogP contribution in [-0.2, 0) is 37.4 Å². The van der Waals surface area contributed by atoms with E-state index >= 15 is 0 Å². The molecule has 1 saturated heterocycles. The van der Waals surface area contributed by atoms with Crippen molar-refractivity contribution < 1.29 is 42.3 Å². The molecule has 0 spiro atoms. The summed E-state index contributed by atoms with van der Waals surface area (Å²) in [7, 11) is -4.40. The second-order valence-corrected chi connectivity index (χ2v) is 15.7. The quantitative estimate of drug-likeness (QED) is 0.0204. The van der Waals surface area contributed by atoms with Gasteiger partial charge < -0.3 is 24.8 Å². The van der Waals surface area contributed by atoms with Crippen molar-refractivity contribution in [3.8, 4) is 0 Å². The van der Waals surface area contributed by atoms with E-state index in [9.17, 15) is 19.0 Å². The molecule has 0 bridgehead atoms. The van der Waals surface area contributed by atoms with E-state index in [0.29, 0.717) is 31.5 Å². The van der Waals surface area contributed by atoms with Crippen LogP contribution in [0.4, 0.5) is 0 Å². The summed E-state index contributed by atoms with van der Waals surface area (Å²) in [5, 5.41) is 0. The lowest BCUT2D eigenvalue weighted by molar-refractivity contribution is -0.161. The van der Waals surface area contributed by atoms with Gasteiger partial charge in [0.1, 0.15) is 6.61 Å². The fraction of sp³-hybridized carbons (Fsp3) is 0.767. The first kappa shape index (κ1) is 49.9. The van der Waals surface area contributed by atoms with Crippen LogP contribution >= 0.6 is 7.82 Å². The van der Waals surface area contributed by atoms with Gasteiger partial charge in [0.05, 0.1) is 25.4 Å². The Hall–Kier alpha value is -2.07. The second-order valence-electron chi connectivity index (χ2n) is 14.2. The molecule has 4 atom stereocenters. The Labute approximate surface area is 328 Å². The molecule has 1 rings (SSSR count). The fourth-order valence-electron chi connectivity index (χ4n) is 5.78.